The van der Waals surface area contributed by atoms with Crippen molar-refractivity contribution >= 4 is 36.4 Å². The molecule has 0 saturated heterocycles. The summed E-state index contributed by atoms with van der Waals surface area (Å²) in [6.07, 6.45) is 0.524. The lowest BCUT2D eigenvalue weighted by atomic mass is 10.2. The normalized spacial score (nSPS) is 13.9. The minimum Gasteiger partial charge on any atom is -0.338 e. The van der Waals surface area contributed by atoms with Crippen LogP contribution in [0.15, 0.2) is 24.3 Å². The van der Waals surface area contributed by atoms with Crippen LogP contribution in [0.25, 0.3) is 0 Å². The Labute approximate surface area is 104 Å². The van der Waals surface area contributed by atoms with Gasteiger partial charge in [-0.1, -0.05) is 17.7 Å². The van der Waals surface area contributed by atoms with Crippen LogP contribution in [0.1, 0.15) is 10.4 Å². The van der Waals surface area contributed by atoms with Gasteiger partial charge in [-0.2, -0.15) is 12.6 Å². The second-order valence-corrected chi connectivity index (χ2v) is 4.13. The standard InChI is InChI=1S/C10H11ClN2O2S/c11-7-3-1-2-6(4-7)9(15)13-10(16)8(12)5-14/h1-5,8,10,16H,12H2,(H,13,15). The maximum Gasteiger partial charge on any atom is 0.252 e. The number of benzene rings is 1. The number of rotatable bonds is 4. The summed E-state index contributed by atoms with van der Waals surface area (Å²) in [6.45, 7) is 0. The maximum absolute atomic E-state index is 11.6. The zero-order valence-corrected chi connectivity index (χ0v) is 9.91. The van der Waals surface area contributed by atoms with E-state index in [1.165, 1.54) is 6.07 Å². The number of amides is 1. The summed E-state index contributed by atoms with van der Waals surface area (Å²) in [5.74, 6) is -0.375. The van der Waals surface area contributed by atoms with Crippen molar-refractivity contribution in [2.45, 2.75) is 11.4 Å². The smallest absolute Gasteiger partial charge is 0.252 e. The van der Waals surface area contributed by atoms with Crippen LogP contribution >= 0.6 is 24.2 Å². The van der Waals surface area contributed by atoms with Crippen molar-refractivity contribution in [3.05, 3.63) is 34.9 Å². The highest BCUT2D eigenvalue weighted by Crippen LogP contribution is 2.10. The van der Waals surface area contributed by atoms with E-state index in [1.54, 1.807) is 18.2 Å². The summed E-state index contributed by atoms with van der Waals surface area (Å²) in [4.78, 5) is 22.0. The molecule has 0 spiro atoms. The van der Waals surface area contributed by atoms with Gasteiger partial charge in [-0.3, -0.25) is 4.79 Å². The number of carbonyl (C=O) groups is 2. The molecule has 4 nitrogen and oxygen atoms in total. The Morgan fingerprint density at radius 1 is 1.56 bits per heavy atom. The highest BCUT2D eigenvalue weighted by atomic mass is 35.5. The van der Waals surface area contributed by atoms with Crippen molar-refractivity contribution in [1.29, 1.82) is 0 Å². The van der Waals surface area contributed by atoms with Gasteiger partial charge in [-0.25, -0.2) is 0 Å². The monoisotopic (exact) mass is 258 g/mol. The van der Waals surface area contributed by atoms with Gasteiger partial charge in [0.05, 0.1) is 11.4 Å². The molecular weight excluding hydrogens is 248 g/mol. The summed E-state index contributed by atoms with van der Waals surface area (Å²) < 4.78 is 0. The van der Waals surface area contributed by atoms with E-state index in [1.807, 2.05) is 0 Å². The van der Waals surface area contributed by atoms with Gasteiger partial charge in [0.25, 0.3) is 5.91 Å². The molecule has 1 aromatic rings. The van der Waals surface area contributed by atoms with Crippen LogP contribution in [0.3, 0.4) is 0 Å². The van der Waals surface area contributed by atoms with Crippen LogP contribution in [0.4, 0.5) is 0 Å². The van der Waals surface area contributed by atoms with E-state index in [0.29, 0.717) is 16.9 Å². The summed E-state index contributed by atoms with van der Waals surface area (Å²) in [6, 6.07) is 5.60. The molecule has 0 bridgehead atoms. The average Bonchev–Trinajstić information content (AvgIpc) is 2.27. The number of aldehydes is 1. The van der Waals surface area contributed by atoms with E-state index in [0.717, 1.165) is 0 Å². The molecule has 1 rings (SSSR count). The van der Waals surface area contributed by atoms with Crippen LogP contribution in [0.5, 0.6) is 0 Å². The third-order valence-corrected chi connectivity index (χ3v) is 2.60. The van der Waals surface area contributed by atoms with E-state index in [-0.39, 0.29) is 5.91 Å². The molecule has 2 atom stereocenters. The highest BCUT2D eigenvalue weighted by Gasteiger charge is 2.16. The predicted molar refractivity (Wildman–Crippen MR) is 65.7 cm³/mol. The van der Waals surface area contributed by atoms with E-state index in [4.69, 9.17) is 17.3 Å². The Kier molecular flexibility index (Phi) is 4.79. The molecule has 0 aromatic heterocycles. The first-order valence-electron chi connectivity index (χ1n) is 4.50. The fourth-order valence-electron chi connectivity index (χ4n) is 1.02. The van der Waals surface area contributed by atoms with Crippen molar-refractivity contribution in [2.24, 2.45) is 5.73 Å². The van der Waals surface area contributed by atoms with Crippen LogP contribution in [-0.2, 0) is 4.79 Å². The molecule has 0 saturated carbocycles. The Morgan fingerprint density at radius 3 is 2.81 bits per heavy atom. The van der Waals surface area contributed by atoms with Crippen molar-refractivity contribution in [2.75, 3.05) is 0 Å². The highest BCUT2D eigenvalue weighted by molar-refractivity contribution is 7.81. The van der Waals surface area contributed by atoms with Crippen LogP contribution < -0.4 is 11.1 Å². The zero-order chi connectivity index (χ0) is 12.1. The number of hydrogen-bond donors (Lipinski definition) is 3. The molecule has 0 radical (unpaired) electrons. The third kappa shape index (κ3) is 3.52. The average molecular weight is 259 g/mol. The molecule has 0 fully saturated rings. The number of hydrogen-bond acceptors (Lipinski definition) is 4. The SMILES string of the molecule is NC(C=O)C(S)NC(=O)c1cccc(Cl)c1. The van der Waals surface area contributed by atoms with E-state index in [9.17, 15) is 9.59 Å². The Morgan fingerprint density at radius 2 is 2.25 bits per heavy atom. The zero-order valence-electron chi connectivity index (χ0n) is 8.26. The first-order chi connectivity index (χ1) is 7.54. The molecule has 1 amide bonds. The van der Waals surface area contributed by atoms with Gasteiger partial charge >= 0.3 is 0 Å². The maximum atomic E-state index is 11.6. The lowest BCUT2D eigenvalue weighted by Gasteiger charge is -2.15. The molecule has 2 unspecified atom stereocenters. The van der Waals surface area contributed by atoms with Gasteiger partial charge in [0, 0.05) is 10.6 Å². The second-order valence-electron chi connectivity index (χ2n) is 3.14. The third-order valence-electron chi connectivity index (χ3n) is 1.89. The minimum absolute atomic E-state index is 0.375. The molecule has 1 aromatic carbocycles. The van der Waals surface area contributed by atoms with Crippen molar-refractivity contribution in [1.82, 2.24) is 5.32 Å². The molecule has 0 aliphatic rings. The lowest BCUT2D eigenvalue weighted by molar-refractivity contribution is -0.108. The molecule has 0 heterocycles. The van der Waals surface area contributed by atoms with E-state index >= 15 is 0 Å². The Balaban J connectivity index is 2.69. The van der Waals surface area contributed by atoms with Crippen LogP contribution in [0, 0.1) is 0 Å². The molecule has 16 heavy (non-hydrogen) atoms. The van der Waals surface area contributed by atoms with Gasteiger partial charge in [0.15, 0.2) is 0 Å². The number of halogens is 1. The summed E-state index contributed by atoms with van der Waals surface area (Å²) in [5, 5.41) is 2.23. The second kappa shape index (κ2) is 5.89. The first-order valence-corrected chi connectivity index (χ1v) is 5.39. The Hall–Kier alpha value is -1.04. The van der Waals surface area contributed by atoms with Crippen LogP contribution in [0.2, 0.25) is 5.02 Å². The number of thiol groups is 1. The molecule has 0 aliphatic heterocycles. The van der Waals surface area contributed by atoms with E-state index in [2.05, 4.69) is 17.9 Å². The number of carbonyl (C=O) groups excluding carboxylic acids is 2. The van der Waals surface area contributed by atoms with E-state index < -0.39 is 11.4 Å². The van der Waals surface area contributed by atoms with Crippen LogP contribution in [-0.4, -0.2) is 23.6 Å². The fourth-order valence-corrected chi connectivity index (χ4v) is 1.40. The Bertz CT molecular complexity index is 400. The topological polar surface area (TPSA) is 72.2 Å². The molecular formula is C10H11ClN2O2S. The predicted octanol–water partition coefficient (Wildman–Crippen LogP) is 0.852. The van der Waals surface area contributed by atoms with Gasteiger partial charge in [-0.15, -0.1) is 0 Å². The summed E-state index contributed by atoms with van der Waals surface area (Å²) in [7, 11) is 0. The largest absolute Gasteiger partial charge is 0.338 e. The molecule has 3 N–H and O–H groups in total. The minimum atomic E-state index is -0.841. The first kappa shape index (κ1) is 13.0. The molecule has 86 valence electrons. The molecule has 6 heteroatoms. The van der Waals surface area contributed by atoms with Crippen molar-refractivity contribution < 1.29 is 9.59 Å². The van der Waals surface area contributed by atoms with Gasteiger partial charge < -0.3 is 15.8 Å². The lowest BCUT2D eigenvalue weighted by Crippen LogP contribution is -2.45. The fraction of sp³-hybridized carbons (Fsp3) is 0.200. The van der Waals surface area contributed by atoms with Gasteiger partial charge in [0.2, 0.25) is 0 Å². The van der Waals surface area contributed by atoms with Crippen molar-refractivity contribution in [3.63, 3.8) is 0 Å². The van der Waals surface area contributed by atoms with Gasteiger partial charge in [-0.05, 0) is 18.2 Å². The summed E-state index contributed by atoms with van der Waals surface area (Å²) >= 11 is 9.73. The number of nitrogens with two attached hydrogens (primary N) is 1. The summed E-state index contributed by atoms with van der Waals surface area (Å²) in [5.41, 5.74) is 5.78. The molecule has 0 aliphatic carbocycles. The van der Waals surface area contributed by atoms with Gasteiger partial charge in [0.1, 0.15) is 6.29 Å². The van der Waals surface area contributed by atoms with Crippen molar-refractivity contribution in [3.8, 4) is 0 Å². The number of nitrogens with one attached hydrogen (secondary N) is 1. The quantitative estimate of drug-likeness (QED) is 0.426.